The van der Waals surface area contributed by atoms with Crippen LogP contribution in [-0.2, 0) is 17.1 Å². The van der Waals surface area contributed by atoms with E-state index in [0.717, 1.165) is 5.92 Å². The van der Waals surface area contributed by atoms with Crippen molar-refractivity contribution in [2.24, 2.45) is 5.92 Å². The molecule has 9 heavy (non-hydrogen) atoms. The van der Waals surface area contributed by atoms with Crippen molar-refractivity contribution in [3.8, 4) is 0 Å². The molecule has 1 atom stereocenters. The minimum Gasteiger partial charge on any atom is -0.226 e. The average Bonchev–Trinajstić information content (AvgIpc) is 2.15. The molecule has 1 heteroatoms. The largest absolute Gasteiger partial charge is 0.226 e. The van der Waals surface area contributed by atoms with Crippen molar-refractivity contribution >= 4 is 0 Å². The summed E-state index contributed by atoms with van der Waals surface area (Å²) < 4.78 is 0. The third-order valence-electron chi connectivity index (χ3n) is 1.92. The van der Waals surface area contributed by atoms with Gasteiger partial charge in [-0.3, -0.25) is 0 Å². The predicted molar refractivity (Wildman–Crippen MR) is 34.2 cm³/mol. The van der Waals surface area contributed by atoms with Gasteiger partial charge in [0.2, 0.25) is 0 Å². The average molecular weight is 160 g/mol. The van der Waals surface area contributed by atoms with Crippen molar-refractivity contribution in [1.82, 2.24) is 0 Å². The van der Waals surface area contributed by atoms with Gasteiger partial charge in [0.25, 0.3) is 0 Å². The van der Waals surface area contributed by atoms with E-state index < -0.39 is 0 Å². The second-order valence-electron chi connectivity index (χ2n) is 2.44. The van der Waals surface area contributed by atoms with Crippen molar-refractivity contribution in [3.63, 3.8) is 0 Å². The quantitative estimate of drug-likeness (QED) is 0.376. The van der Waals surface area contributed by atoms with Gasteiger partial charge >= 0.3 is 0 Å². The van der Waals surface area contributed by atoms with Crippen LogP contribution in [0.25, 0.3) is 0 Å². The molecule has 0 aliphatic heterocycles. The van der Waals surface area contributed by atoms with Crippen molar-refractivity contribution in [1.29, 1.82) is 0 Å². The van der Waals surface area contributed by atoms with Crippen LogP contribution in [-0.4, -0.2) is 0 Å². The molecule has 0 aromatic heterocycles. The molecule has 1 unspecified atom stereocenters. The standard InChI is InChI=1S/C8H9.Mn/c1-3-7-5-2-6-8(7)4-1;/h1,3-5,8H,2,6H2;/q-1;. The predicted octanol–water partition coefficient (Wildman–Crippen LogP) is 2.09. The minimum atomic E-state index is 0. The molecule has 0 amide bonds. The summed E-state index contributed by atoms with van der Waals surface area (Å²) in [5.74, 6) is 0.801. The molecule has 0 aromatic carbocycles. The third kappa shape index (κ3) is 1.08. The number of fused-ring (bicyclic) bond motifs is 1. The molecule has 0 spiro atoms. The first kappa shape index (κ1) is 6.98. The summed E-state index contributed by atoms with van der Waals surface area (Å²) in [6.07, 6.45) is 11.7. The Morgan fingerprint density at radius 3 is 3.22 bits per heavy atom. The van der Waals surface area contributed by atoms with E-state index in [2.05, 4.69) is 24.6 Å². The summed E-state index contributed by atoms with van der Waals surface area (Å²) >= 11 is 0. The Labute approximate surface area is 66.5 Å². The molecule has 0 aromatic rings. The number of rotatable bonds is 0. The van der Waals surface area contributed by atoms with E-state index >= 15 is 0 Å². The van der Waals surface area contributed by atoms with Crippen LogP contribution in [0.1, 0.15) is 12.8 Å². The van der Waals surface area contributed by atoms with E-state index in [4.69, 9.17) is 0 Å². The molecule has 0 N–H and O–H groups in total. The topological polar surface area (TPSA) is 0 Å². The van der Waals surface area contributed by atoms with E-state index in [1.54, 1.807) is 5.57 Å². The van der Waals surface area contributed by atoms with Gasteiger partial charge in [-0.1, -0.05) is 12.5 Å². The van der Waals surface area contributed by atoms with Crippen LogP contribution in [0.4, 0.5) is 0 Å². The molecule has 2 rings (SSSR count). The van der Waals surface area contributed by atoms with Gasteiger partial charge in [-0.2, -0.15) is 0 Å². The monoisotopic (exact) mass is 160 g/mol. The number of allylic oxidation sites excluding steroid dienone is 4. The maximum Gasteiger partial charge on any atom is 0 e. The summed E-state index contributed by atoms with van der Waals surface area (Å²) in [4.78, 5) is 0. The Balaban J connectivity index is 0.000000405. The van der Waals surface area contributed by atoms with Gasteiger partial charge in [-0.05, 0) is 5.92 Å². The maximum absolute atomic E-state index is 2.34. The van der Waals surface area contributed by atoms with E-state index in [9.17, 15) is 0 Å². The molecule has 1 saturated carbocycles. The van der Waals surface area contributed by atoms with Crippen LogP contribution < -0.4 is 0 Å². The first-order chi connectivity index (χ1) is 3.97. The fourth-order valence-electron chi connectivity index (χ4n) is 1.45. The second kappa shape index (κ2) is 2.64. The molecule has 2 aliphatic carbocycles. The van der Waals surface area contributed by atoms with Crippen LogP contribution in [0, 0.1) is 12.3 Å². The molecular formula is C8H9Mn-. The van der Waals surface area contributed by atoms with Crippen molar-refractivity contribution in [2.75, 3.05) is 0 Å². The van der Waals surface area contributed by atoms with Crippen molar-refractivity contribution in [2.45, 2.75) is 12.8 Å². The molecule has 0 bridgehead atoms. The first-order valence-corrected chi connectivity index (χ1v) is 3.18. The van der Waals surface area contributed by atoms with Crippen LogP contribution in [0.2, 0.25) is 0 Å². The Kier molecular flexibility index (Phi) is 2.04. The molecule has 1 fully saturated rings. The van der Waals surface area contributed by atoms with Crippen molar-refractivity contribution in [3.05, 3.63) is 30.2 Å². The fraction of sp³-hybridized carbons (Fsp3) is 0.375. The van der Waals surface area contributed by atoms with Gasteiger partial charge in [0, 0.05) is 17.1 Å². The van der Waals surface area contributed by atoms with Gasteiger partial charge in [-0.15, -0.1) is 12.5 Å². The second-order valence-corrected chi connectivity index (χ2v) is 2.44. The van der Waals surface area contributed by atoms with Crippen LogP contribution in [0.5, 0.6) is 0 Å². The van der Waals surface area contributed by atoms with Gasteiger partial charge in [0.05, 0.1) is 0 Å². The van der Waals surface area contributed by atoms with Crippen LogP contribution in [0.15, 0.2) is 23.8 Å². The van der Waals surface area contributed by atoms with Crippen LogP contribution >= 0.6 is 0 Å². The fourth-order valence-corrected chi connectivity index (χ4v) is 1.45. The summed E-state index contributed by atoms with van der Waals surface area (Å²) in [7, 11) is 0. The Morgan fingerprint density at radius 1 is 1.56 bits per heavy atom. The molecule has 0 saturated heterocycles. The van der Waals surface area contributed by atoms with Crippen molar-refractivity contribution < 1.29 is 17.1 Å². The molecule has 1 radical (unpaired) electrons. The maximum atomic E-state index is 2.34. The number of hydrogen-bond acceptors (Lipinski definition) is 0. The van der Waals surface area contributed by atoms with E-state index in [0.29, 0.717) is 0 Å². The van der Waals surface area contributed by atoms with Gasteiger partial charge in [0.15, 0.2) is 0 Å². The molecule has 0 nitrogen and oxygen atoms in total. The smallest absolute Gasteiger partial charge is 0 e. The third-order valence-corrected chi connectivity index (χ3v) is 1.92. The Morgan fingerprint density at radius 2 is 2.44 bits per heavy atom. The van der Waals surface area contributed by atoms with Gasteiger partial charge in [0.1, 0.15) is 0 Å². The summed E-state index contributed by atoms with van der Waals surface area (Å²) in [5, 5.41) is 0. The van der Waals surface area contributed by atoms with E-state index in [1.165, 1.54) is 12.8 Å². The van der Waals surface area contributed by atoms with Gasteiger partial charge < -0.3 is 0 Å². The van der Waals surface area contributed by atoms with E-state index in [1.807, 2.05) is 0 Å². The normalized spacial score (nSPS) is 28.4. The molecule has 0 heterocycles. The van der Waals surface area contributed by atoms with Gasteiger partial charge in [-0.25, -0.2) is 18.1 Å². The molecule has 2 aliphatic rings. The zero-order valence-electron chi connectivity index (χ0n) is 5.18. The summed E-state index contributed by atoms with van der Waals surface area (Å²) in [5.41, 5.74) is 1.55. The zero-order chi connectivity index (χ0) is 5.40. The zero-order valence-corrected chi connectivity index (χ0v) is 6.36. The minimum absolute atomic E-state index is 0. The summed E-state index contributed by atoms with van der Waals surface area (Å²) in [6.45, 7) is 0. The van der Waals surface area contributed by atoms with E-state index in [-0.39, 0.29) is 17.1 Å². The Bertz CT molecular complexity index is 156. The first-order valence-electron chi connectivity index (χ1n) is 3.18. The summed E-state index contributed by atoms with van der Waals surface area (Å²) in [6, 6.07) is 0. The SMILES string of the molecule is C1=CC2CC[CH-]C2=C1.[Mn]. The Hall–Kier alpha value is -0.131. The molecule has 49 valence electrons. The molecular weight excluding hydrogens is 151 g/mol. The van der Waals surface area contributed by atoms with Crippen LogP contribution in [0.3, 0.4) is 0 Å². The number of hydrogen-bond donors (Lipinski definition) is 0.